The molecule has 0 aliphatic carbocycles. The van der Waals surface area contributed by atoms with Crippen LogP contribution in [0.4, 0.5) is 0 Å². The molecule has 13 heavy (non-hydrogen) atoms. The van der Waals surface area contributed by atoms with Gasteiger partial charge in [-0.3, -0.25) is 4.79 Å². The topological polar surface area (TPSA) is 26.3 Å². The van der Waals surface area contributed by atoms with Crippen molar-refractivity contribution in [1.29, 1.82) is 0 Å². The Hall–Kier alpha value is -1.05. The van der Waals surface area contributed by atoms with Crippen LogP contribution in [0, 0.1) is 0 Å². The molecule has 2 heteroatoms. The van der Waals surface area contributed by atoms with Crippen LogP contribution < -0.4 is 0 Å². The fourth-order valence-electron chi connectivity index (χ4n) is 0.958. The molecule has 0 aliphatic rings. The van der Waals surface area contributed by atoms with Crippen LogP contribution in [0.3, 0.4) is 0 Å². The minimum absolute atomic E-state index is 0.137. The smallest absolute Gasteiger partial charge is 0.303 e. The van der Waals surface area contributed by atoms with Gasteiger partial charge < -0.3 is 4.74 Å². The Morgan fingerprint density at radius 1 is 1.62 bits per heavy atom. The highest BCUT2D eigenvalue weighted by Gasteiger charge is 2.04. The van der Waals surface area contributed by atoms with Crippen LogP contribution in [-0.4, -0.2) is 12.1 Å². The van der Waals surface area contributed by atoms with Crippen molar-refractivity contribution in [3.8, 4) is 0 Å². The number of unbranched alkanes of at least 4 members (excludes halogenated alkanes) is 1. The molecule has 0 rings (SSSR count). The number of carbonyl (C=O) groups excluding carboxylic acids is 1. The maximum absolute atomic E-state index is 10.7. The highest BCUT2D eigenvalue weighted by molar-refractivity contribution is 5.66. The average molecular weight is 182 g/mol. The van der Waals surface area contributed by atoms with E-state index in [1.165, 1.54) is 6.92 Å². The number of carbonyl (C=O) groups is 1. The van der Waals surface area contributed by atoms with Crippen molar-refractivity contribution in [1.82, 2.24) is 0 Å². The lowest BCUT2D eigenvalue weighted by Crippen LogP contribution is -2.12. The first-order valence-corrected chi connectivity index (χ1v) is 4.65. The molecule has 0 aromatic heterocycles. The summed E-state index contributed by atoms with van der Waals surface area (Å²) >= 11 is 0. The summed E-state index contributed by atoms with van der Waals surface area (Å²) in [5.74, 6) is -0.243. The van der Waals surface area contributed by atoms with E-state index in [-0.39, 0.29) is 12.1 Å². The molecule has 0 fully saturated rings. The van der Waals surface area contributed by atoms with E-state index in [1.54, 1.807) is 6.08 Å². The van der Waals surface area contributed by atoms with E-state index in [2.05, 4.69) is 13.5 Å². The van der Waals surface area contributed by atoms with E-state index in [9.17, 15) is 4.79 Å². The molecule has 0 aromatic carbocycles. The Morgan fingerprint density at radius 2 is 2.31 bits per heavy atom. The molecule has 0 heterocycles. The first kappa shape index (κ1) is 11.9. The van der Waals surface area contributed by atoms with E-state index in [0.717, 1.165) is 12.8 Å². The van der Waals surface area contributed by atoms with Crippen LogP contribution in [0.15, 0.2) is 24.8 Å². The highest BCUT2D eigenvalue weighted by Crippen LogP contribution is 2.03. The monoisotopic (exact) mass is 182 g/mol. The molecule has 0 spiro atoms. The molecule has 1 unspecified atom stereocenters. The zero-order valence-electron chi connectivity index (χ0n) is 8.45. The molecule has 2 nitrogen and oxygen atoms in total. The van der Waals surface area contributed by atoms with Crippen LogP contribution in [0.5, 0.6) is 0 Å². The first-order chi connectivity index (χ1) is 6.20. The van der Waals surface area contributed by atoms with Crippen LogP contribution >= 0.6 is 0 Å². The number of ether oxygens (including phenoxy) is 1. The van der Waals surface area contributed by atoms with Gasteiger partial charge in [0.05, 0.1) is 0 Å². The van der Waals surface area contributed by atoms with Crippen molar-refractivity contribution >= 4 is 5.97 Å². The molecule has 0 N–H and O–H groups in total. The van der Waals surface area contributed by atoms with Crippen LogP contribution in [0.2, 0.25) is 0 Å². The van der Waals surface area contributed by atoms with Crippen LogP contribution in [0.1, 0.15) is 33.1 Å². The number of allylic oxidation sites excluding steroid dienone is 1. The van der Waals surface area contributed by atoms with Gasteiger partial charge in [-0.2, -0.15) is 0 Å². The lowest BCUT2D eigenvalue weighted by atomic mass is 10.2. The van der Waals surface area contributed by atoms with Crippen molar-refractivity contribution in [2.75, 3.05) is 0 Å². The maximum atomic E-state index is 10.7. The predicted octanol–water partition coefficient (Wildman–Crippen LogP) is 2.85. The van der Waals surface area contributed by atoms with E-state index >= 15 is 0 Å². The Bertz CT molecular complexity index is 183. The van der Waals surface area contributed by atoms with E-state index in [0.29, 0.717) is 6.42 Å². The number of hydrogen-bond donors (Lipinski definition) is 0. The summed E-state index contributed by atoms with van der Waals surface area (Å²) in [7, 11) is 0. The molecule has 0 amide bonds. The second-order valence-electron chi connectivity index (χ2n) is 2.89. The van der Waals surface area contributed by atoms with Crippen molar-refractivity contribution in [2.45, 2.75) is 39.2 Å². The summed E-state index contributed by atoms with van der Waals surface area (Å²) in [6, 6.07) is 0. The molecule has 74 valence electrons. The fraction of sp³-hybridized carbons (Fsp3) is 0.545. The van der Waals surface area contributed by atoms with Gasteiger partial charge in [-0.15, -0.1) is 6.58 Å². The summed E-state index contributed by atoms with van der Waals surface area (Å²) in [4.78, 5) is 10.7. The van der Waals surface area contributed by atoms with Gasteiger partial charge in [-0.05, 0) is 12.5 Å². The average Bonchev–Trinajstić information content (AvgIpc) is 2.04. The summed E-state index contributed by atoms with van der Waals surface area (Å²) in [6.45, 7) is 7.14. The summed E-state index contributed by atoms with van der Waals surface area (Å²) < 4.78 is 5.04. The first-order valence-electron chi connectivity index (χ1n) is 4.65. The molecular weight excluding hydrogens is 164 g/mol. The molecule has 0 aromatic rings. The minimum Gasteiger partial charge on any atom is -0.458 e. The fourth-order valence-corrected chi connectivity index (χ4v) is 0.958. The van der Waals surface area contributed by atoms with Crippen molar-refractivity contribution < 1.29 is 9.53 Å². The van der Waals surface area contributed by atoms with Crippen LogP contribution in [-0.2, 0) is 9.53 Å². The Kier molecular flexibility index (Phi) is 6.98. The summed E-state index contributed by atoms with van der Waals surface area (Å²) in [6.07, 6.45) is 8.39. The third-order valence-corrected chi connectivity index (χ3v) is 1.52. The van der Waals surface area contributed by atoms with E-state index < -0.39 is 0 Å². The second-order valence-corrected chi connectivity index (χ2v) is 2.89. The normalized spacial score (nSPS) is 12.8. The molecule has 1 atom stereocenters. The predicted molar refractivity (Wildman–Crippen MR) is 54.4 cm³/mol. The number of hydrogen-bond acceptors (Lipinski definition) is 2. The molecule has 0 saturated heterocycles. The lowest BCUT2D eigenvalue weighted by Gasteiger charge is -2.09. The quantitative estimate of drug-likeness (QED) is 0.466. The van der Waals surface area contributed by atoms with Gasteiger partial charge in [-0.25, -0.2) is 0 Å². The Balaban J connectivity index is 3.92. The Morgan fingerprint density at radius 3 is 2.77 bits per heavy atom. The molecule has 0 aliphatic heterocycles. The van der Waals surface area contributed by atoms with E-state index in [1.807, 2.05) is 12.2 Å². The number of esters is 1. The third-order valence-electron chi connectivity index (χ3n) is 1.52. The standard InChI is InChI=1S/C11H18O2/c1-4-6-7-9-11(8-5-2)13-10(3)12/h5,7,9,11H,2,4,6,8H2,1,3H3. The van der Waals surface area contributed by atoms with Gasteiger partial charge in [0.2, 0.25) is 0 Å². The van der Waals surface area contributed by atoms with Crippen molar-refractivity contribution in [3.05, 3.63) is 24.8 Å². The lowest BCUT2D eigenvalue weighted by molar-refractivity contribution is -0.143. The maximum Gasteiger partial charge on any atom is 0.303 e. The molecule has 0 bridgehead atoms. The van der Waals surface area contributed by atoms with Gasteiger partial charge in [0.25, 0.3) is 0 Å². The van der Waals surface area contributed by atoms with Crippen LogP contribution in [0.25, 0.3) is 0 Å². The Labute approximate surface area is 80.3 Å². The molecule has 0 saturated carbocycles. The van der Waals surface area contributed by atoms with Gasteiger partial charge in [0, 0.05) is 13.3 Å². The van der Waals surface area contributed by atoms with E-state index in [4.69, 9.17) is 4.74 Å². The second kappa shape index (κ2) is 7.59. The zero-order chi connectivity index (χ0) is 10.1. The zero-order valence-corrected chi connectivity index (χ0v) is 8.45. The molecule has 0 radical (unpaired) electrons. The number of rotatable bonds is 6. The molecular formula is C11H18O2. The van der Waals surface area contributed by atoms with Gasteiger partial charge in [0.15, 0.2) is 0 Å². The minimum atomic E-state index is -0.243. The van der Waals surface area contributed by atoms with Crippen molar-refractivity contribution in [2.24, 2.45) is 0 Å². The van der Waals surface area contributed by atoms with Crippen molar-refractivity contribution in [3.63, 3.8) is 0 Å². The SMILES string of the molecule is C=CCC(C=CCCC)OC(C)=O. The van der Waals surface area contributed by atoms with Gasteiger partial charge in [-0.1, -0.05) is 25.5 Å². The van der Waals surface area contributed by atoms with Gasteiger partial charge >= 0.3 is 5.97 Å². The largest absolute Gasteiger partial charge is 0.458 e. The highest BCUT2D eigenvalue weighted by atomic mass is 16.5. The summed E-state index contributed by atoms with van der Waals surface area (Å²) in [5, 5.41) is 0. The van der Waals surface area contributed by atoms with Gasteiger partial charge in [0.1, 0.15) is 6.10 Å². The summed E-state index contributed by atoms with van der Waals surface area (Å²) in [5.41, 5.74) is 0. The third kappa shape index (κ3) is 7.32.